The summed E-state index contributed by atoms with van der Waals surface area (Å²) in [6.07, 6.45) is 3.31. The Bertz CT molecular complexity index is 1580. The third-order valence-electron chi connectivity index (χ3n) is 5.78. The molecule has 4 aromatic carbocycles. The number of hydrogen-bond acceptors (Lipinski definition) is 6. The smallest absolute Gasteiger partial charge is 0.277 e. The van der Waals surface area contributed by atoms with Crippen LogP contribution in [0.4, 0.5) is 0 Å². The first-order valence-electron chi connectivity index (χ1n) is 11.8. The number of nitrogens with one attached hydrogen (secondary N) is 1. The SMILES string of the molecule is COc1ccc(/C=N\NC(=O)COc2ccc3ccccc3c2)cc1COc1cccc2cccnc12. The van der Waals surface area contributed by atoms with Crippen molar-refractivity contribution in [1.29, 1.82) is 0 Å². The summed E-state index contributed by atoms with van der Waals surface area (Å²) < 4.78 is 17.2. The highest BCUT2D eigenvalue weighted by molar-refractivity contribution is 5.85. The molecule has 0 saturated heterocycles. The third-order valence-corrected chi connectivity index (χ3v) is 5.78. The van der Waals surface area contributed by atoms with Crippen LogP contribution in [0.25, 0.3) is 21.7 Å². The Morgan fingerprint density at radius 3 is 2.59 bits per heavy atom. The number of fused-ring (bicyclic) bond motifs is 2. The molecule has 0 aliphatic heterocycles. The molecule has 1 aromatic heterocycles. The Morgan fingerprint density at radius 1 is 0.865 bits per heavy atom. The molecule has 1 amide bonds. The summed E-state index contributed by atoms with van der Waals surface area (Å²) in [5.74, 6) is 1.65. The highest BCUT2D eigenvalue weighted by Crippen LogP contribution is 2.26. The van der Waals surface area contributed by atoms with Crippen molar-refractivity contribution in [3.8, 4) is 17.2 Å². The molecule has 37 heavy (non-hydrogen) atoms. The quantitative estimate of drug-likeness (QED) is 0.217. The molecule has 0 aliphatic carbocycles. The van der Waals surface area contributed by atoms with Crippen LogP contribution in [-0.2, 0) is 11.4 Å². The second-order valence-electron chi connectivity index (χ2n) is 8.28. The van der Waals surface area contributed by atoms with E-state index in [-0.39, 0.29) is 19.1 Å². The Labute approximate surface area is 214 Å². The minimum Gasteiger partial charge on any atom is -0.496 e. The minimum atomic E-state index is -0.357. The zero-order valence-electron chi connectivity index (χ0n) is 20.3. The van der Waals surface area contributed by atoms with E-state index in [0.717, 1.165) is 32.8 Å². The lowest BCUT2D eigenvalue weighted by molar-refractivity contribution is -0.123. The van der Waals surface area contributed by atoms with Crippen molar-refractivity contribution in [1.82, 2.24) is 10.4 Å². The highest BCUT2D eigenvalue weighted by Gasteiger charge is 2.08. The van der Waals surface area contributed by atoms with Gasteiger partial charge in [0.25, 0.3) is 5.91 Å². The molecule has 5 aromatic rings. The summed E-state index contributed by atoms with van der Waals surface area (Å²) in [6, 6.07) is 29.0. The van der Waals surface area contributed by atoms with Gasteiger partial charge in [-0.3, -0.25) is 9.78 Å². The van der Waals surface area contributed by atoms with E-state index in [1.807, 2.05) is 91.0 Å². The molecule has 1 heterocycles. The topological polar surface area (TPSA) is 82.0 Å². The molecule has 0 bridgehead atoms. The van der Waals surface area contributed by atoms with Crippen LogP contribution in [0.15, 0.2) is 102 Å². The predicted octanol–water partition coefficient (Wildman–Crippen LogP) is 5.50. The molecular weight excluding hydrogens is 466 g/mol. The van der Waals surface area contributed by atoms with Gasteiger partial charge in [-0.25, -0.2) is 5.43 Å². The van der Waals surface area contributed by atoms with E-state index in [0.29, 0.717) is 17.2 Å². The molecular formula is C30H25N3O4. The molecule has 184 valence electrons. The normalized spacial score (nSPS) is 11.1. The maximum Gasteiger partial charge on any atom is 0.277 e. The monoisotopic (exact) mass is 491 g/mol. The van der Waals surface area contributed by atoms with Crippen molar-refractivity contribution in [2.75, 3.05) is 13.7 Å². The Hall–Kier alpha value is -4.91. The Balaban J connectivity index is 1.19. The second kappa shape index (κ2) is 11.2. The number of carbonyl (C=O) groups is 1. The van der Waals surface area contributed by atoms with Gasteiger partial charge in [0.15, 0.2) is 6.61 Å². The van der Waals surface area contributed by atoms with Crippen LogP contribution in [0.1, 0.15) is 11.1 Å². The molecule has 0 saturated carbocycles. The number of carbonyl (C=O) groups excluding carboxylic acids is 1. The molecule has 0 radical (unpaired) electrons. The average Bonchev–Trinajstić information content (AvgIpc) is 2.95. The van der Waals surface area contributed by atoms with Crippen LogP contribution in [0.3, 0.4) is 0 Å². The Kier molecular flexibility index (Phi) is 7.22. The lowest BCUT2D eigenvalue weighted by atomic mass is 10.1. The lowest BCUT2D eigenvalue weighted by Crippen LogP contribution is -2.24. The fraction of sp³-hybridized carbons (Fsp3) is 0.100. The molecule has 0 aliphatic rings. The number of para-hydroxylation sites is 1. The number of methoxy groups -OCH3 is 1. The molecule has 0 fully saturated rings. The van der Waals surface area contributed by atoms with E-state index in [9.17, 15) is 4.79 Å². The lowest BCUT2D eigenvalue weighted by Gasteiger charge is -2.12. The number of amides is 1. The number of hydrazone groups is 1. The minimum absolute atomic E-state index is 0.142. The number of ether oxygens (including phenoxy) is 3. The molecule has 7 heteroatoms. The summed E-state index contributed by atoms with van der Waals surface area (Å²) in [6.45, 7) is 0.142. The fourth-order valence-corrected chi connectivity index (χ4v) is 3.96. The maximum atomic E-state index is 12.2. The number of aromatic nitrogens is 1. The first-order chi connectivity index (χ1) is 18.2. The van der Waals surface area contributed by atoms with Crippen LogP contribution in [-0.4, -0.2) is 30.8 Å². The summed E-state index contributed by atoms with van der Waals surface area (Å²) in [4.78, 5) is 16.6. The fourth-order valence-electron chi connectivity index (χ4n) is 3.96. The van der Waals surface area contributed by atoms with Crippen molar-refractivity contribution >= 4 is 33.8 Å². The van der Waals surface area contributed by atoms with Crippen LogP contribution in [0.2, 0.25) is 0 Å². The number of pyridine rings is 1. The van der Waals surface area contributed by atoms with Crippen molar-refractivity contribution < 1.29 is 19.0 Å². The van der Waals surface area contributed by atoms with Gasteiger partial charge in [0.2, 0.25) is 0 Å². The largest absolute Gasteiger partial charge is 0.496 e. The van der Waals surface area contributed by atoms with Crippen molar-refractivity contribution in [2.45, 2.75) is 6.61 Å². The van der Waals surface area contributed by atoms with E-state index in [2.05, 4.69) is 15.5 Å². The summed E-state index contributed by atoms with van der Waals surface area (Å²) in [5.41, 5.74) is 4.92. The van der Waals surface area contributed by atoms with Gasteiger partial charge < -0.3 is 14.2 Å². The van der Waals surface area contributed by atoms with Gasteiger partial charge in [-0.1, -0.05) is 48.5 Å². The van der Waals surface area contributed by atoms with Crippen LogP contribution in [0, 0.1) is 0 Å². The first-order valence-corrected chi connectivity index (χ1v) is 11.8. The van der Waals surface area contributed by atoms with Crippen LogP contribution >= 0.6 is 0 Å². The van der Waals surface area contributed by atoms with Crippen LogP contribution in [0.5, 0.6) is 17.2 Å². The molecule has 0 unspecified atom stereocenters. The maximum absolute atomic E-state index is 12.2. The van der Waals surface area contributed by atoms with Gasteiger partial charge in [-0.05, 0) is 58.8 Å². The first kappa shape index (κ1) is 23.8. The van der Waals surface area contributed by atoms with Gasteiger partial charge in [0, 0.05) is 17.1 Å². The van der Waals surface area contributed by atoms with Crippen molar-refractivity contribution in [3.63, 3.8) is 0 Å². The Morgan fingerprint density at radius 2 is 1.70 bits per heavy atom. The molecule has 0 spiro atoms. The number of rotatable bonds is 9. The van der Waals surface area contributed by atoms with Crippen molar-refractivity contribution in [3.05, 3.63) is 108 Å². The zero-order valence-corrected chi connectivity index (χ0v) is 20.3. The van der Waals surface area contributed by atoms with E-state index in [1.54, 1.807) is 19.5 Å². The number of hydrogen-bond donors (Lipinski definition) is 1. The predicted molar refractivity (Wildman–Crippen MR) is 144 cm³/mol. The van der Waals surface area contributed by atoms with Gasteiger partial charge in [0.05, 0.1) is 13.3 Å². The third kappa shape index (κ3) is 5.85. The molecule has 1 N–H and O–H groups in total. The van der Waals surface area contributed by atoms with Gasteiger partial charge in [0.1, 0.15) is 29.4 Å². The van der Waals surface area contributed by atoms with E-state index < -0.39 is 0 Å². The second-order valence-corrected chi connectivity index (χ2v) is 8.28. The van der Waals surface area contributed by atoms with E-state index in [1.165, 1.54) is 0 Å². The van der Waals surface area contributed by atoms with Gasteiger partial charge in [-0.2, -0.15) is 5.10 Å². The van der Waals surface area contributed by atoms with Gasteiger partial charge in [-0.15, -0.1) is 0 Å². The number of nitrogens with zero attached hydrogens (tertiary/aromatic N) is 2. The van der Waals surface area contributed by atoms with Gasteiger partial charge >= 0.3 is 0 Å². The highest BCUT2D eigenvalue weighted by atomic mass is 16.5. The van der Waals surface area contributed by atoms with Crippen LogP contribution < -0.4 is 19.6 Å². The summed E-state index contributed by atoms with van der Waals surface area (Å²) in [5, 5.41) is 7.23. The molecule has 5 rings (SSSR count). The van der Waals surface area contributed by atoms with E-state index in [4.69, 9.17) is 14.2 Å². The molecule has 0 atom stereocenters. The standard InChI is InChI=1S/C30H25N3O4/c1-35-27-14-11-21(16-25(27)19-37-28-10-4-8-23-9-5-15-31-30(23)28)18-32-33-29(34)20-36-26-13-12-22-6-2-3-7-24(22)17-26/h2-18H,19-20H2,1H3,(H,33,34)/b32-18-. The zero-order chi connectivity index (χ0) is 25.5. The van der Waals surface area contributed by atoms with Crippen molar-refractivity contribution in [2.24, 2.45) is 5.10 Å². The van der Waals surface area contributed by atoms with E-state index >= 15 is 0 Å². The summed E-state index contributed by atoms with van der Waals surface area (Å²) in [7, 11) is 1.61. The summed E-state index contributed by atoms with van der Waals surface area (Å²) >= 11 is 0. The number of benzene rings is 4. The molecule has 7 nitrogen and oxygen atoms in total. The average molecular weight is 492 g/mol.